The third-order valence-corrected chi connectivity index (χ3v) is 4.40. The summed E-state index contributed by atoms with van der Waals surface area (Å²) in [4.78, 5) is 20.1. The summed E-state index contributed by atoms with van der Waals surface area (Å²) in [7, 11) is 1.48. The monoisotopic (exact) mass is 410 g/mol. The number of ether oxygens (including phenoxy) is 1. The highest BCUT2D eigenvalue weighted by molar-refractivity contribution is 5.98. The van der Waals surface area contributed by atoms with Gasteiger partial charge in [-0.1, -0.05) is 30.3 Å². The van der Waals surface area contributed by atoms with E-state index in [0.717, 1.165) is 11.6 Å². The van der Waals surface area contributed by atoms with Gasteiger partial charge in [0.15, 0.2) is 11.6 Å². The van der Waals surface area contributed by atoms with Crippen LogP contribution in [-0.4, -0.2) is 35.6 Å². The van der Waals surface area contributed by atoms with Crippen LogP contribution in [0.2, 0.25) is 0 Å². The molecule has 0 spiro atoms. The van der Waals surface area contributed by atoms with E-state index in [4.69, 9.17) is 16.2 Å². The third-order valence-electron chi connectivity index (χ3n) is 4.40. The fourth-order valence-corrected chi connectivity index (χ4v) is 2.89. The summed E-state index contributed by atoms with van der Waals surface area (Å²) >= 11 is 0. The molecule has 0 saturated carbocycles. The lowest BCUT2D eigenvalue weighted by Crippen LogP contribution is -2.32. The van der Waals surface area contributed by atoms with E-state index in [1.807, 2.05) is 30.3 Å². The van der Waals surface area contributed by atoms with Crippen LogP contribution in [0.3, 0.4) is 0 Å². The second kappa shape index (κ2) is 9.66. The van der Waals surface area contributed by atoms with Crippen LogP contribution in [0.4, 0.5) is 21.7 Å². The van der Waals surface area contributed by atoms with Crippen molar-refractivity contribution in [3.05, 3.63) is 71.7 Å². The molecule has 3 rings (SSSR count). The van der Waals surface area contributed by atoms with Gasteiger partial charge in [-0.2, -0.15) is 0 Å². The van der Waals surface area contributed by atoms with Gasteiger partial charge in [0.1, 0.15) is 5.82 Å². The zero-order valence-electron chi connectivity index (χ0n) is 16.4. The van der Waals surface area contributed by atoms with Gasteiger partial charge in [0.25, 0.3) is 5.91 Å². The molecule has 30 heavy (non-hydrogen) atoms. The molecule has 1 aromatic carbocycles. The van der Waals surface area contributed by atoms with Crippen molar-refractivity contribution in [1.82, 2.24) is 9.97 Å². The molecule has 0 radical (unpaired) electrons. The van der Waals surface area contributed by atoms with E-state index in [1.54, 1.807) is 12.1 Å². The van der Waals surface area contributed by atoms with E-state index in [2.05, 4.69) is 20.6 Å². The Kier molecular flexibility index (Phi) is 6.76. The Morgan fingerprint density at radius 1 is 1.20 bits per heavy atom. The summed E-state index contributed by atoms with van der Waals surface area (Å²) in [5, 5.41) is 5.99. The van der Waals surface area contributed by atoms with Crippen LogP contribution in [-0.2, 0) is 6.42 Å². The first-order valence-corrected chi connectivity index (χ1v) is 9.28. The first-order valence-electron chi connectivity index (χ1n) is 9.28. The van der Waals surface area contributed by atoms with Crippen molar-refractivity contribution >= 4 is 23.2 Å². The maximum atomic E-state index is 14.7. The summed E-state index contributed by atoms with van der Waals surface area (Å²) in [5.74, 6) is -1.07. The van der Waals surface area contributed by atoms with Gasteiger partial charge in [0.05, 0.1) is 12.7 Å². The second-order valence-corrected chi connectivity index (χ2v) is 6.56. The van der Waals surface area contributed by atoms with Crippen molar-refractivity contribution in [2.24, 2.45) is 11.5 Å². The van der Waals surface area contributed by atoms with E-state index in [1.165, 1.54) is 13.3 Å². The van der Waals surface area contributed by atoms with Crippen molar-refractivity contribution in [1.29, 1.82) is 0 Å². The fourth-order valence-electron chi connectivity index (χ4n) is 2.89. The van der Waals surface area contributed by atoms with Gasteiger partial charge in [0, 0.05) is 30.5 Å². The van der Waals surface area contributed by atoms with Gasteiger partial charge >= 0.3 is 0 Å². The first kappa shape index (κ1) is 21.0. The van der Waals surface area contributed by atoms with Crippen LogP contribution < -0.4 is 26.8 Å². The number of aromatic nitrogens is 2. The number of nitrogens with two attached hydrogens (primary N) is 2. The third kappa shape index (κ3) is 5.21. The average Bonchev–Trinajstić information content (AvgIpc) is 2.75. The number of nitrogens with zero attached hydrogens (tertiary/aromatic N) is 2. The number of primary amides is 1. The Bertz CT molecular complexity index is 1020. The molecule has 8 nitrogen and oxygen atoms in total. The number of carbonyl (C=O) groups excluding carboxylic acids is 1. The molecular weight excluding hydrogens is 387 g/mol. The first-order chi connectivity index (χ1) is 14.5. The van der Waals surface area contributed by atoms with Gasteiger partial charge in [-0.25, -0.2) is 14.4 Å². The zero-order valence-corrected chi connectivity index (χ0v) is 16.4. The minimum atomic E-state index is -0.809. The Morgan fingerprint density at radius 3 is 2.63 bits per heavy atom. The van der Waals surface area contributed by atoms with Gasteiger partial charge < -0.3 is 26.8 Å². The van der Waals surface area contributed by atoms with Gasteiger partial charge in [-0.05, 0) is 24.1 Å². The SMILES string of the molecule is COc1cc(Nc2nc(NC(CN)Cc3ccccc3)c(F)cc2C(N)=O)ccn1. The maximum absolute atomic E-state index is 14.7. The molecule has 2 aromatic heterocycles. The van der Waals surface area contributed by atoms with Crippen LogP contribution in [0.5, 0.6) is 5.88 Å². The molecule has 0 saturated heterocycles. The summed E-state index contributed by atoms with van der Waals surface area (Å²) in [6, 6.07) is 13.8. The number of hydrogen-bond acceptors (Lipinski definition) is 7. The van der Waals surface area contributed by atoms with Crippen LogP contribution in [0, 0.1) is 5.82 Å². The number of benzene rings is 1. The lowest BCUT2D eigenvalue weighted by atomic mass is 10.1. The van der Waals surface area contributed by atoms with Gasteiger partial charge in [-0.3, -0.25) is 4.79 Å². The number of anilines is 3. The molecular formula is C21H23FN6O2. The quantitative estimate of drug-likeness (QED) is 0.426. The molecule has 1 atom stereocenters. The molecule has 2 heterocycles. The summed E-state index contributed by atoms with van der Waals surface area (Å²) < 4.78 is 19.7. The fraction of sp³-hybridized carbons (Fsp3) is 0.190. The second-order valence-electron chi connectivity index (χ2n) is 6.56. The number of carbonyl (C=O) groups is 1. The number of halogens is 1. The minimum Gasteiger partial charge on any atom is -0.481 e. The molecule has 156 valence electrons. The topological polar surface area (TPSA) is 128 Å². The van der Waals surface area contributed by atoms with E-state index >= 15 is 0 Å². The Hall–Kier alpha value is -3.72. The number of methoxy groups -OCH3 is 1. The largest absolute Gasteiger partial charge is 0.481 e. The standard InChI is InChI=1S/C21H23FN6O2/c1-30-18-10-14(7-8-25-18)26-20-16(19(24)29)11-17(22)21(28-20)27-15(12-23)9-13-5-3-2-4-6-13/h2-8,10-11,15H,9,12,23H2,1H3,(H2,24,29)(H2,25,26,27,28). The maximum Gasteiger partial charge on any atom is 0.252 e. The molecule has 1 unspecified atom stereocenters. The predicted octanol–water partition coefficient (Wildman–Crippen LogP) is 2.45. The predicted molar refractivity (Wildman–Crippen MR) is 113 cm³/mol. The van der Waals surface area contributed by atoms with Crippen LogP contribution in [0.25, 0.3) is 0 Å². The highest BCUT2D eigenvalue weighted by atomic mass is 19.1. The van der Waals surface area contributed by atoms with Crippen molar-refractivity contribution in [2.75, 3.05) is 24.3 Å². The molecule has 0 fully saturated rings. The number of nitrogens with one attached hydrogen (secondary N) is 2. The zero-order chi connectivity index (χ0) is 21.5. The van der Waals surface area contributed by atoms with Crippen LogP contribution in [0.15, 0.2) is 54.7 Å². The smallest absolute Gasteiger partial charge is 0.252 e. The molecule has 0 aliphatic rings. The average molecular weight is 410 g/mol. The normalized spacial score (nSPS) is 11.6. The highest BCUT2D eigenvalue weighted by Crippen LogP contribution is 2.25. The van der Waals surface area contributed by atoms with Gasteiger partial charge in [0.2, 0.25) is 5.88 Å². The number of amides is 1. The molecule has 0 aliphatic carbocycles. The molecule has 6 N–H and O–H groups in total. The molecule has 0 aliphatic heterocycles. The highest BCUT2D eigenvalue weighted by Gasteiger charge is 2.18. The summed E-state index contributed by atoms with van der Waals surface area (Å²) in [6.45, 7) is 0.262. The van der Waals surface area contributed by atoms with Crippen molar-refractivity contribution < 1.29 is 13.9 Å². The summed E-state index contributed by atoms with van der Waals surface area (Å²) in [6.07, 6.45) is 2.11. The van der Waals surface area contributed by atoms with Crippen LogP contribution in [0.1, 0.15) is 15.9 Å². The molecule has 9 heteroatoms. The van der Waals surface area contributed by atoms with Gasteiger partial charge in [-0.15, -0.1) is 0 Å². The minimum absolute atomic E-state index is 0.0325. The van der Waals surface area contributed by atoms with Crippen molar-refractivity contribution in [3.63, 3.8) is 0 Å². The van der Waals surface area contributed by atoms with E-state index in [9.17, 15) is 9.18 Å². The molecule has 1 amide bonds. The lowest BCUT2D eigenvalue weighted by Gasteiger charge is -2.19. The lowest BCUT2D eigenvalue weighted by molar-refractivity contribution is 0.100. The van der Waals surface area contributed by atoms with E-state index < -0.39 is 11.7 Å². The molecule has 3 aromatic rings. The van der Waals surface area contributed by atoms with Crippen molar-refractivity contribution in [3.8, 4) is 5.88 Å². The Labute approximate surface area is 173 Å². The summed E-state index contributed by atoms with van der Waals surface area (Å²) in [5.41, 5.74) is 12.8. The van der Waals surface area contributed by atoms with Crippen LogP contribution >= 0.6 is 0 Å². The Balaban J connectivity index is 1.89. The number of pyridine rings is 2. The van der Waals surface area contributed by atoms with Crippen molar-refractivity contribution in [2.45, 2.75) is 12.5 Å². The van der Waals surface area contributed by atoms with E-state index in [-0.39, 0.29) is 29.8 Å². The van der Waals surface area contributed by atoms with E-state index in [0.29, 0.717) is 18.0 Å². The number of hydrogen-bond donors (Lipinski definition) is 4. The molecule has 0 bridgehead atoms. The Morgan fingerprint density at radius 2 is 1.97 bits per heavy atom. The number of rotatable bonds is 9.